The number of aryl methyl sites for hydroxylation is 1. The Bertz CT molecular complexity index is 1090. The monoisotopic (exact) mass is 493 g/mol. The molecule has 0 radical (unpaired) electrons. The van der Waals surface area contributed by atoms with E-state index >= 15 is 0 Å². The van der Waals surface area contributed by atoms with Crippen LogP contribution in [0.4, 0.5) is 0 Å². The summed E-state index contributed by atoms with van der Waals surface area (Å²) < 4.78 is 19.3. The van der Waals surface area contributed by atoms with Gasteiger partial charge in [0.15, 0.2) is 11.5 Å². The van der Waals surface area contributed by atoms with Crippen LogP contribution in [0.25, 0.3) is 5.69 Å². The van der Waals surface area contributed by atoms with E-state index in [9.17, 15) is 5.11 Å². The van der Waals surface area contributed by atoms with E-state index in [2.05, 4.69) is 25.3 Å². The molecule has 0 fully saturated rings. The molecule has 3 rings (SSSR count). The third-order valence-electron chi connectivity index (χ3n) is 6.04. The topological polar surface area (TPSA) is 69.0 Å². The first-order valence-corrected chi connectivity index (χ1v) is 12.6. The highest BCUT2D eigenvalue weighted by Gasteiger charge is 2.24. The number of aliphatic hydroxyl groups excluding tert-OH is 1. The van der Waals surface area contributed by atoms with Crippen molar-refractivity contribution in [1.29, 1.82) is 0 Å². The Kier molecular flexibility index (Phi) is 10.4. The van der Waals surface area contributed by atoms with E-state index in [-0.39, 0.29) is 0 Å². The lowest BCUT2D eigenvalue weighted by Crippen LogP contribution is -2.33. The molecule has 3 aromatic rings. The predicted octanol–water partition coefficient (Wildman–Crippen LogP) is 5.78. The Hall–Kier alpha value is -3.29. The molecule has 1 heterocycles. The molecule has 0 spiro atoms. The van der Waals surface area contributed by atoms with Crippen LogP contribution in [0.2, 0.25) is 0 Å². The van der Waals surface area contributed by atoms with Crippen molar-refractivity contribution in [3.63, 3.8) is 0 Å². The van der Waals surface area contributed by atoms with Crippen molar-refractivity contribution in [2.45, 2.75) is 52.2 Å². The maximum atomic E-state index is 10.6. The lowest BCUT2D eigenvalue weighted by atomic mass is 10.1. The number of hydrogen-bond donors (Lipinski definition) is 1. The molecule has 7 heteroatoms. The Morgan fingerprint density at radius 1 is 1.06 bits per heavy atom. The highest BCUT2D eigenvalue weighted by atomic mass is 16.5. The number of methoxy groups -OCH3 is 2. The fourth-order valence-corrected chi connectivity index (χ4v) is 4.21. The van der Waals surface area contributed by atoms with Crippen LogP contribution in [-0.4, -0.2) is 53.2 Å². The van der Waals surface area contributed by atoms with E-state index in [0.29, 0.717) is 36.9 Å². The lowest BCUT2D eigenvalue weighted by Gasteiger charge is -2.25. The Morgan fingerprint density at radius 3 is 2.39 bits per heavy atom. The maximum Gasteiger partial charge on any atom is 0.227 e. The Labute approximate surface area is 214 Å². The zero-order chi connectivity index (χ0) is 25.9. The second-order valence-corrected chi connectivity index (χ2v) is 8.70. The zero-order valence-corrected chi connectivity index (χ0v) is 21.9. The number of aromatic nitrogens is 2. The number of aliphatic hydroxyl groups is 1. The molecular weight excluding hydrogens is 454 g/mol. The molecule has 2 aromatic carbocycles. The number of para-hydroxylation sites is 2. The molecule has 0 aliphatic carbocycles. The van der Waals surface area contributed by atoms with Gasteiger partial charge in [-0.05, 0) is 68.6 Å². The summed E-state index contributed by atoms with van der Waals surface area (Å²) in [5.74, 6) is 2.68. The molecule has 0 aliphatic heterocycles. The number of allylic oxidation sites excluding steroid dienone is 1. The molecule has 7 nitrogen and oxygen atoms in total. The van der Waals surface area contributed by atoms with Gasteiger partial charge in [0, 0.05) is 13.1 Å². The second kappa shape index (κ2) is 13.7. The minimum atomic E-state index is -0.421. The van der Waals surface area contributed by atoms with Gasteiger partial charge in [-0.3, -0.25) is 4.90 Å². The van der Waals surface area contributed by atoms with Crippen molar-refractivity contribution in [2.75, 3.05) is 27.3 Å². The van der Waals surface area contributed by atoms with Crippen molar-refractivity contribution in [3.05, 3.63) is 72.4 Å². The van der Waals surface area contributed by atoms with Crippen molar-refractivity contribution >= 4 is 0 Å². The highest BCUT2D eigenvalue weighted by Crippen LogP contribution is 2.36. The zero-order valence-electron chi connectivity index (χ0n) is 21.9. The SMILES string of the molecule is C=CCC[C@H](O)CN(CCC)Cc1c(CC)nn(-c2ccc(OC)cc2)c1Oc1ccccc1OC. The average molecular weight is 494 g/mol. The Balaban J connectivity index is 2.06. The van der Waals surface area contributed by atoms with Crippen LogP contribution in [0, 0.1) is 0 Å². The van der Waals surface area contributed by atoms with Crippen LogP contribution in [0.3, 0.4) is 0 Å². The summed E-state index contributed by atoms with van der Waals surface area (Å²) in [6, 6.07) is 15.4. The van der Waals surface area contributed by atoms with Crippen LogP contribution in [-0.2, 0) is 13.0 Å². The van der Waals surface area contributed by atoms with Gasteiger partial charge in [-0.1, -0.05) is 32.1 Å². The maximum absolute atomic E-state index is 10.6. The van der Waals surface area contributed by atoms with Crippen LogP contribution < -0.4 is 14.2 Å². The summed E-state index contributed by atoms with van der Waals surface area (Å²) in [7, 11) is 3.28. The van der Waals surface area contributed by atoms with Gasteiger partial charge >= 0.3 is 0 Å². The normalized spacial score (nSPS) is 11.9. The van der Waals surface area contributed by atoms with Crippen molar-refractivity contribution in [2.24, 2.45) is 0 Å². The lowest BCUT2D eigenvalue weighted by molar-refractivity contribution is 0.102. The fourth-order valence-electron chi connectivity index (χ4n) is 4.21. The molecule has 1 atom stereocenters. The minimum absolute atomic E-state index is 0.421. The first-order chi connectivity index (χ1) is 17.5. The number of ether oxygens (including phenoxy) is 3. The molecule has 1 aromatic heterocycles. The summed E-state index contributed by atoms with van der Waals surface area (Å²) in [6.07, 6.45) is 4.64. The summed E-state index contributed by atoms with van der Waals surface area (Å²) >= 11 is 0. The van der Waals surface area contributed by atoms with E-state index in [0.717, 1.165) is 48.5 Å². The van der Waals surface area contributed by atoms with E-state index in [1.807, 2.05) is 59.3 Å². The third kappa shape index (κ3) is 6.89. The van der Waals surface area contributed by atoms with Gasteiger partial charge in [-0.2, -0.15) is 5.10 Å². The molecule has 36 heavy (non-hydrogen) atoms. The molecule has 0 aliphatic rings. The molecular formula is C29H39N3O4. The predicted molar refractivity (Wildman–Crippen MR) is 144 cm³/mol. The van der Waals surface area contributed by atoms with Crippen LogP contribution >= 0.6 is 0 Å². The largest absolute Gasteiger partial charge is 0.497 e. The minimum Gasteiger partial charge on any atom is -0.497 e. The molecule has 0 saturated carbocycles. The van der Waals surface area contributed by atoms with Gasteiger partial charge in [-0.15, -0.1) is 6.58 Å². The standard InChI is InChI=1S/C29H39N3O4/c1-6-9-12-23(33)20-31(19-7-2)21-25-26(8-3)30-32(22-15-17-24(34-4)18-16-22)29(25)36-28-14-11-10-13-27(28)35-5/h6,10-11,13-18,23,33H,1,7-9,12,19-21H2,2-5H3/t23-/m0/s1. The molecule has 0 amide bonds. The smallest absolute Gasteiger partial charge is 0.227 e. The number of hydrogen-bond acceptors (Lipinski definition) is 6. The van der Waals surface area contributed by atoms with E-state index in [1.165, 1.54) is 0 Å². The fraction of sp³-hybridized carbons (Fsp3) is 0.414. The summed E-state index contributed by atoms with van der Waals surface area (Å²) in [6.45, 7) is 10.1. The number of rotatable bonds is 15. The van der Waals surface area contributed by atoms with Crippen molar-refractivity contribution in [1.82, 2.24) is 14.7 Å². The van der Waals surface area contributed by atoms with Gasteiger partial charge in [-0.25, -0.2) is 4.68 Å². The van der Waals surface area contributed by atoms with Gasteiger partial charge in [0.05, 0.1) is 37.3 Å². The first-order valence-electron chi connectivity index (χ1n) is 12.6. The number of nitrogens with zero attached hydrogens (tertiary/aromatic N) is 3. The third-order valence-corrected chi connectivity index (χ3v) is 6.04. The van der Waals surface area contributed by atoms with Crippen LogP contribution in [0.15, 0.2) is 61.2 Å². The van der Waals surface area contributed by atoms with E-state index < -0.39 is 6.10 Å². The summed E-state index contributed by atoms with van der Waals surface area (Å²) in [5, 5.41) is 15.6. The molecule has 1 N–H and O–H groups in total. The van der Waals surface area contributed by atoms with Crippen LogP contribution in [0.5, 0.6) is 23.1 Å². The molecule has 194 valence electrons. The average Bonchev–Trinajstić information content (AvgIpc) is 3.24. The van der Waals surface area contributed by atoms with Gasteiger partial charge < -0.3 is 19.3 Å². The summed E-state index contributed by atoms with van der Waals surface area (Å²) in [4.78, 5) is 2.28. The van der Waals surface area contributed by atoms with Gasteiger partial charge in [0.1, 0.15) is 5.75 Å². The van der Waals surface area contributed by atoms with E-state index in [1.54, 1.807) is 14.2 Å². The van der Waals surface area contributed by atoms with Crippen molar-refractivity contribution < 1.29 is 19.3 Å². The quantitative estimate of drug-likeness (QED) is 0.271. The van der Waals surface area contributed by atoms with E-state index in [4.69, 9.17) is 19.3 Å². The second-order valence-electron chi connectivity index (χ2n) is 8.70. The van der Waals surface area contributed by atoms with Crippen molar-refractivity contribution in [3.8, 4) is 28.8 Å². The van der Waals surface area contributed by atoms with Gasteiger partial charge in [0.2, 0.25) is 5.88 Å². The highest BCUT2D eigenvalue weighted by molar-refractivity contribution is 5.48. The summed E-state index contributed by atoms with van der Waals surface area (Å²) in [5.41, 5.74) is 2.83. The van der Waals surface area contributed by atoms with Gasteiger partial charge in [0.25, 0.3) is 0 Å². The molecule has 0 bridgehead atoms. The van der Waals surface area contributed by atoms with Crippen LogP contribution in [0.1, 0.15) is 44.4 Å². The number of benzene rings is 2. The first kappa shape index (κ1) is 27.3. The Morgan fingerprint density at radius 2 is 1.78 bits per heavy atom. The molecule has 0 saturated heterocycles. The molecule has 0 unspecified atom stereocenters.